The van der Waals surface area contributed by atoms with Crippen LogP contribution in [0.15, 0.2) is 18.2 Å². The van der Waals surface area contributed by atoms with E-state index in [1.807, 2.05) is 20.8 Å². The van der Waals surface area contributed by atoms with Gasteiger partial charge in [0, 0.05) is 17.8 Å². The molecule has 10 nitrogen and oxygen atoms in total. The van der Waals surface area contributed by atoms with Gasteiger partial charge < -0.3 is 31.4 Å². The fourth-order valence-corrected chi connectivity index (χ4v) is 4.59. The molecule has 2 heterocycles. The Bertz CT molecular complexity index is 1160. The van der Waals surface area contributed by atoms with E-state index in [0.29, 0.717) is 41.1 Å². The smallest absolute Gasteiger partial charge is 0.268 e. The number of H-pyrrole nitrogens is 1. The van der Waals surface area contributed by atoms with E-state index < -0.39 is 35.7 Å². The quantitative estimate of drug-likeness (QED) is 0.343. The number of benzene rings is 1. The van der Waals surface area contributed by atoms with Gasteiger partial charge in [-0.05, 0) is 49.3 Å². The van der Waals surface area contributed by atoms with Crippen LogP contribution in [-0.2, 0) is 14.4 Å². The lowest BCUT2D eigenvalue weighted by molar-refractivity contribution is -0.131. The Labute approximate surface area is 215 Å². The molecule has 36 heavy (non-hydrogen) atoms. The van der Waals surface area contributed by atoms with Crippen LogP contribution in [0.25, 0.3) is 10.9 Å². The average Bonchev–Trinajstić information content (AvgIpc) is 3.25. The molecule has 1 aromatic heterocycles. The predicted octanol–water partition coefficient (Wildman–Crippen LogP) is 2.25. The lowest BCUT2D eigenvalue weighted by Crippen LogP contribution is -2.55. The minimum Gasteiger partial charge on any atom is -0.496 e. The first-order valence-electron chi connectivity index (χ1n) is 11.9. The number of rotatable bonds is 9. The van der Waals surface area contributed by atoms with Crippen LogP contribution >= 0.6 is 11.6 Å². The van der Waals surface area contributed by atoms with E-state index in [1.54, 1.807) is 18.2 Å². The second-order valence-corrected chi connectivity index (χ2v) is 10.7. The molecule has 4 amide bonds. The van der Waals surface area contributed by atoms with E-state index in [9.17, 15) is 19.2 Å². The maximum absolute atomic E-state index is 13.3. The van der Waals surface area contributed by atoms with Gasteiger partial charge in [0.1, 0.15) is 23.5 Å². The molecule has 196 valence electrons. The number of hydrogen-bond acceptors (Lipinski definition) is 5. The highest BCUT2D eigenvalue weighted by atomic mass is 35.5. The molecule has 2 aromatic rings. The lowest BCUT2D eigenvalue weighted by atomic mass is 9.87. The molecule has 2 unspecified atom stereocenters. The van der Waals surface area contributed by atoms with Crippen molar-refractivity contribution < 1.29 is 23.9 Å². The maximum Gasteiger partial charge on any atom is 0.268 e. The van der Waals surface area contributed by atoms with E-state index in [-0.39, 0.29) is 23.4 Å². The van der Waals surface area contributed by atoms with E-state index >= 15 is 0 Å². The van der Waals surface area contributed by atoms with Crippen LogP contribution in [0.5, 0.6) is 5.75 Å². The van der Waals surface area contributed by atoms with Crippen LogP contribution in [0.2, 0.25) is 5.02 Å². The van der Waals surface area contributed by atoms with E-state index in [4.69, 9.17) is 22.1 Å². The third-order valence-corrected chi connectivity index (χ3v) is 6.50. The lowest BCUT2D eigenvalue weighted by Gasteiger charge is -2.29. The number of methoxy groups -OCH3 is 1. The SMILES string of the molecule is COc1ccc(Cl)c2[nH]c(C(=O)NC(CC(C)(C)C)C(=O)NC(C[C@@H]3CCCNC3=O)C(N)=O)cc12. The normalized spacial score (nSPS) is 17.7. The van der Waals surface area contributed by atoms with E-state index in [2.05, 4.69) is 20.9 Å². The van der Waals surface area contributed by atoms with E-state index in [1.165, 1.54) is 7.11 Å². The number of halogens is 1. The fraction of sp³-hybridized carbons (Fsp3) is 0.520. The maximum atomic E-state index is 13.3. The molecule has 0 radical (unpaired) electrons. The van der Waals surface area contributed by atoms with E-state index in [0.717, 1.165) is 6.42 Å². The molecule has 0 saturated carbocycles. The van der Waals surface area contributed by atoms with Gasteiger partial charge in [-0.25, -0.2) is 0 Å². The van der Waals surface area contributed by atoms with Gasteiger partial charge in [0.05, 0.1) is 17.6 Å². The summed E-state index contributed by atoms with van der Waals surface area (Å²) in [4.78, 5) is 53.7. The van der Waals surface area contributed by atoms with Gasteiger partial charge in [0.2, 0.25) is 17.7 Å². The standard InChI is InChI=1S/C25H34ClN5O5/c1-25(2,3)12-18(24(35)30-16(21(27)32)10-13-6-5-9-28-22(13)33)31-23(34)17-11-14-19(36-4)8-7-15(26)20(14)29-17/h7-8,11,13,16,18,29H,5-6,9-10,12H2,1-4H3,(H2,27,32)(H,28,33)(H,30,35)(H,31,34)/t13-,16?,18?/m0/s1. The van der Waals surface area contributed by atoms with Crippen LogP contribution in [-0.4, -0.2) is 54.4 Å². The summed E-state index contributed by atoms with van der Waals surface area (Å²) in [5, 5.41) is 9.25. The number of ether oxygens (including phenoxy) is 1. The van der Waals surface area contributed by atoms with Crippen molar-refractivity contribution in [3.8, 4) is 5.75 Å². The molecule has 3 rings (SSSR count). The molecule has 1 aliphatic heterocycles. The number of carbonyl (C=O) groups excluding carboxylic acids is 4. The average molecular weight is 520 g/mol. The molecular weight excluding hydrogens is 486 g/mol. The molecule has 3 atom stereocenters. The van der Waals surface area contributed by atoms with Gasteiger partial charge in [-0.15, -0.1) is 0 Å². The van der Waals surface area contributed by atoms with Crippen LogP contribution in [0.3, 0.4) is 0 Å². The number of nitrogens with two attached hydrogens (primary N) is 1. The van der Waals surface area contributed by atoms with Gasteiger partial charge >= 0.3 is 0 Å². The molecule has 1 aliphatic rings. The summed E-state index contributed by atoms with van der Waals surface area (Å²) in [5.74, 6) is -1.84. The van der Waals surface area contributed by atoms with Crippen molar-refractivity contribution in [3.63, 3.8) is 0 Å². The first-order valence-corrected chi connectivity index (χ1v) is 12.3. The monoisotopic (exact) mass is 519 g/mol. The molecule has 1 fully saturated rings. The van der Waals surface area contributed by atoms with Gasteiger partial charge in [-0.1, -0.05) is 32.4 Å². The molecule has 11 heteroatoms. The highest BCUT2D eigenvalue weighted by Crippen LogP contribution is 2.32. The summed E-state index contributed by atoms with van der Waals surface area (Å²) in [6, 6.07) is 2.97. The number of carbonyl (C=O) groups is 4. The second kappa shape index (κ2) is 11.2. The largest absolute Gasteiger partial charge is 0.496 e. The number of nitrogens with one attached hydrogen (secondary N) is 4. The van der Waals surface area contributed by atoms with Gasteiger partial charge in [0.15, 0.2) is 0 Å². The van der Waals surface area contributed by atoms with Crippen molar-refractivity contribution >= 4 is 46.1 Å². The van der Waals surface area contributed by atoms with Crippen LogP contribution in [0.1, 0.15) is 56.9 Å². The highest BCUT2D eigenvalue weighted by molar-refractivity contribution is 6.35. The Morgan fingerprint density at radius 1 is 1.22 bits per heavy atom. The summed E-state index contributed by atoms with van der Waals surface area (Å²) >= 11 is 6.27. The van der Waals surface area contributed by atoms with Crippen molar-refractivity contribution in [1.29, 1.82) is 0 Å². The Hall–Kier alpha value is -3.27. The summed E-state index contributed by atoms with van der Waals surface area (Å²) in [6.07, 6.45) is 1.80. The van der Waals surface area contributed by atoms with Crippen molar-refractivity contribution in [2.45, 2.75) is 58.5 Å². The van der Waals surface area contributed by atoms with Crippen molar-refractivity contribution in [2.75, 3.05) is 13.7 Å². The third kappa shape index (κ3) is 6.69. The Morgan fingerprint density at radius 3 is 2.56 bits per heavy atom. The summed E-state index contributed by atoms with van der Waals surface area (Å²) in [5.41, 5.74) is 5.97. The molecule has 1 aromatic carbocycles. The second-order valence-electron chi connectivity index (χ2n) is 10.3. The first-order chi connectivity index (χ1) is 16.9. The zero-order valence-electron chi connectivity index (χ0n) is 21.0. The zero-order valence-corrected chi connectivity index (χ0v) is 21.8. The number of primary amides is 1. The Morgan fingerprint density at radius 2 is 1.94 bits per heavy atom. The summed E-state index contributed by atoms with van der Waals surface area (Å²) in [7, 11) is 1.52. The Kier molecular flexibility index (Phi) is 8.50. The molecule has 6 N–H and O–H groups in total. The topological polar surface area (TPSA) is 155 Å². The molecular formula is C25H34ClN5O5. The predicted molar refractivity (Wildman–Crippen MR) is 137 cm³/mol. The van der Waals surface area contributed by atoms with Crippen molar-refractivity contribution in [2.24, 2.45) is 17.1 Å². The number of amides is 4. The number of piperidine rings is 1. The number of aromatic amines is 1. The van der Waals surface area contributed by atoms with Gasteiger partial charge in [0.25, 0.3) is 5.91 Å². The number of hydrogen-bond donors (Lipinski definition) is 5. The zero-order chi connectivity index (χ0) is 26.6. The van der Waals surface area contributed by atoms with Crippen LogP contribution in [0.4, 0.5) is 0 Å². The summed E-state index contributed by atoms with van der Waals surface area (Å²) in [6.45, 7) is 6.40. The molecule has 1 saturated heterocycles. The fourth-order valence-electron chi connectivity index (χ4n) is 4.38. The van der Waals surface area contributed by atoms with Gasteiger partial charge in [-0.2, -0.15) is 0 Å². The van der Waals surface area contributed by atoms with Gasteiger partial charge in [-0.3, -0.25) is 19.2 Å². The third-order valence-electron chi connectivity index (χ3n) is 6.19. The minimum atomic E-state index is -1.04. The molecule has 0 spiro atoms. The number of fused-ring (bicyclic) bond motifs is 1. The highest BCUT2D eigenvalue weighted by Gasteiger charge is 2.33. The Balaban J connectivity index is 1.80. The van der Waals surface area contributed by atoms with Crippen molar-refractivity contribution in [3.05, 3.63) is 28.9 Å². The van der Waals surface area contributed by atoms with Crippen LogP contribution < -0.4 is 26.4 Å². The van der Waals surface area contributed by atoms with Crippen LogP contribution in [0, 0.1) is 11.3 Å². The number of aromatic nitrogens is 1. The first kappa shape index (κ1) is 27.3. The minimum absolute atomic E-state index is 0.101. The van der Waals surface area contributed by atoms with Crippen molar-refractivity contribution in [1.82, 2.24) is 20.9 Å². The molecule has 0 bridgehead atoms. The summed E-state index contributed by atoms with van der Waals surface area (Å²) < 4.78 is 5.35. The molecule has 0 aliphatic carbocycles.